The largest absolute Gasteiger partial charge is 0.310 e. The van der Waals surface area contributed by atoms with Crippen molar-refractivity contribution in [2.45, 2.75) is 11.8 Å². The minimum Gasteiger partial charge on any atom is -0.310 e. The van der Waals surface area contributed by atoms with Gasteiger partial charge in [0.1, 0.15) is 5.82 Å². The molecule has 0 fully saturated rings. The highest BCUT2D eigenvalue weighted by Crippen LogP contribution is 2.21. The number of carbonyl (C=O) groups excluding carboxylic acids is 1. The Kier molecular flexibility index (Phi) is 5.01. The first-order valence-electron chi connectivity index (χ1n) is 8.04. The number of aromatic nitrogens is 1. The fraction of sp³-hybridized carbons (Fsp3) is 0.158. The van der Waals surface area contributed by atoms with Crippen molar-refractivity contribution in [1.82, 2.24) is 9.29 Å². The number of sulfonamides is 1. The highest BCUT2D eigenvalue weighted by Gasteiger charge is 2.23. The fourth-order valence-corrected chi connectivity index (χ4v) is 3.74. The Morgan fingerprint density at radius 1 is 1.08 bits per heavy atom. The molecule has 6 nitrogen and oxygen atoms in total. The van der Waals surface area contributed by atoms with Crippen molar-refractivity contribution in [3.63, 3.8) is 0 Å². The lowest BCUT2D eigenvalue weighted by molar-refractivity contribution is -0.116. The number of nitrogens with zero attached hydrogens (tertiary/aromatic N) is 2. The number of carbonyl (C=O) groups is 1. The van der Waals surface area contributed by atoms with Crippen molar-refractivity contribution in [1.29, 1.82) is 0 Å². The smallest absolute Gasteiger partial charge is 0.243 e. The predicted molar refractivity (Wildman–Crippen MR) is 101 cm³/mol. The van der Waals surface area contributed by atoms with Crippen LogP contribution in [0.4, 0.5) is 5.82 Å². The number of amides is 1. The number of benzene rings is 2. The molecule has 1 aromatic heterocycles. The number of hydrogen-bond donors (Lipinski definition) is 1. The van der Waals surface area contributed by atoms with Crippen LogP contribution in [0.25, 0.3) is 10.8 Å². The summed E-state index contributed by atoms with van der Waals surface area (Å²) in [7, 11) is -2.39. The summed E-state index contributed by atoms with van der Waals surface area (Å²) in [6.07, 6.45) is 1.58. The first-order chi connectivity index (χ1) is 12.4. The average molecular weight is 369 g/mol. The molecule has 0 atom stereocenters. The lowest BCUT2D eigenvalue weighted by Crippen LogP contribution is -2.35. The Balaban J connectivity index is 1.76. The van der Waals surface area contributed by atoms with E-state index in [2.05, 4.69) is 10.3 Å². The van der Waals surface area contributed by atoms with E-state index in [1.165, 1.54) is 7.05 Å². The molecule has 134 valence electrons. The maximum absolute atomic E-state index is 12.7. The van der Waals surface area contributed by atoms with Crippen molar-refractivity contribution in [2.24, 2.45) is 0 Å². The predicted octanol–water partition coefficient (Wildman–Crippen LogP) is 2.80. The summed E-state index contributed by atoms with van der Waals surface area (Å²) in [5.74, 6) is -0.0542. The van der Waals surface area contributed by atoms with E-state index in [0.29, 0.717) is 5.82 Å². The van der Waals surface area contributed by atoms with Crippen LogP contribution in [0.2, 0.25) is 0 Å². The number of pyridine rings is 1. The Labute approximate surface area is 152 Å². The fourth-order valence-electron chi connectivity index (χ4n) is 2.58. The van der Waals surface area contributed by atoms with E-state index < -0.39 is 15.9 Å². The second-order valence-corrected chi connectivity index (χ2v) is 8.08. The number of rotatable bonds is 5. The van der Waals surface area contributed by atoms with Gasteiger partial charge >= 0.3 is 0 Å². The molecule has 0 saturated heterocycles. The lowest BCUT2D eigenvalue weighted by Gasteiger charge is -2.17. The van der Waals surface area contributed by atoms with Crippen molar-refractivity contribution >= 4 is 32.5 Å². The third-order valence-corrected chi connectivity index (χ3v) is 5.78. The van der Waals surface area contributed by atoms with E-state index in [1.54, 1.807) is 30.5 Å². The number of likely N-dealkylation sites (N-methyl/N-ethyl adjacent to an activating group) is 1. The maximum atomic E-state index is 12.7. The zero-order valence-corrected chi connectivity index (χ0v) is 15.3. The van der Waals surface area contributed by atoms with Crippen LogP contribution in [-0.4, -0.2) is 37.2 Å². The summed E-state index contributed by atoms with van der Waals surface area (Å²) < 4.78 is 26.5. The molecular formula is C19H19N3O3S. The topological polar surface area (TPSA) is 79.4 Å². The Morgan fingerprint density at radius 3 is 2.54 bits per heavy atom. The summed E-state index contributed by atoms with van der Waals surface area (Å²) in [6.45, 7) is 1.58. The van der Waals surface area contributed by atoms with Gasteiger partial charge in [0, 0.05) is 13.2 Å². The normalized spacial score (nSPS) is 11.7. The monoisotopic (exact) mass is 369 g/mol. The molecule has 1 amide bonds. The summed E-state index contributed by atoms with van der Waals surface area (Å²) in [5.41, 5.74) is 0.951. The molecular weight excluding hydrogens is 350 g/mol. The number of anilines is 1. The first-order valence-corrected chi connectivity index (χ1v) is 9.48. The molecule has 1 N–H and O–H groups in total. The van der Waals surface area contributed by atoms with E-state index in [9.17, 15) is 13.2 Å². The molecule has 0 unspecified atom stereocenters. The standard InChI is InChI=1S/C19H19N3O3S/c1-14-9-10-20-18(11-14)21-19(23)13-22(2)26(24,25)17-8-7-15-5-3-4-6-16(15)12-17/h3-12H,13H2,1-2H3,(H,20,21,23). The van der Waals surface area contributed by atoms with Gasteiger partial charge in [-0.05, 0) is 47.5 Å². The van der Waals surface area contributed by atoms with Crippen LogP contribution in [0.3, 0.4) is 0 Å². The Bertz CT molecular complexity index is 1060. The van der Waals surface area contributed by atoms with Crippen molar-refractivity contribution in [3.8, 4) is 0 Å². The van der Waals surface area contributed by atoms with Crippen LogP contribution >= 0.6 is 0 Å². The zero-order chi connectivity index (χ0) is 18.7. The molecule has 26 heavy (non-hydrogen) atoms. The molecule has 0 aliphatic heterocycles. The van der Waals surface area contributed by atoms with Crippen LogP contribution in [0.15, 0.2) is 65.7 Å². The van der Waals surface area contributed by atoms with Gasteiger partial charge in [0.2, 0.25) is 15.9 Å². The molecule has 2 aromatic carbocycles. The van der Waals surface area contributed by atoms with Gasteiger partial charge in [0.05, 0.1) is 11.4 Å². The minimum atomic E-state index is -3.77. The molecule has 3 rings (SSSR count). The van der Waals surface area contributed by atoms with E-state index in [-0.39, 0.29) is 11.4 Å². The van der Waals surface area contributed by atoms with Gasteiger partial charge in [0.15, 0.2) is 0 Å². The molecule has 1 heterocycles. The van der Waals surface area contributed by atoms with Crippen LogP contribution in [0.5, 0.6) is 0 Å². The molecule has 3 aromatic rings. The summed E-state index contributed by atoms with van der Waals surface area (Å²) in [4.78, 5) is 16.4. The number of hydrogen-bond acceptors (Lipinski definition) is 4. The summed E-state index contributed by atoms with van der Waals surface area (Å²) in [5, 5.41) is 4.40. The van der Waals surface area contributed by atoms with Gasteiger partial charge in [-0.1, -0.05) is 30.3 Å². The van der Waals surface area contributed by atoms with Crippen LogP contribution in [0, 0.1) is 6.92 Å². The van der Waals surface area contributed by atoms with Gasteiger partial charge in [-0.25, -0.2) is 13.4 Å². The summed E-state index contributed by atoms with van der Waals surface area (Å²) in [6, 6.07) is 16.0. The van der Waals surface area contributed by atoms with E-state index in [0.717, 1.165) is 20.6 Å². The lowest BCUT2D eigenvalue weighted by atomic mass is 10.1. The van der Waals surface area contributed by atoms with Crippen molar-refractivity contribution in [3.05, 3.63) is 66.4 Å². The zero-order valence-electron chi connectivity index (χ0n) is 14.5. The summed E-state index contributed by atoms with van der Waals surface area (Å²) >= 11 is 0. The van der Waals surface area contributed by atoms with Crippen LogP contribution in [-0.2, 0) is 14.8 Å². The Morgan fingerprint density at radius 2 is 1.81 bits per heavy atom. The van der Waals surface area contributed by atoms with E-state index in [4.69, 9.17) is 0 Å². The number of fused-ring (bicyclic) bond motifs is 1. The molecule has 0 aliphatic carbocycles. The third-order valence-electron chi connectivity index (χ3n) is 3.98. The van der Waals surface area contributed by atoms with Crippen LogP contribution in [0.1, 0.15) is 5.56 Å². The Hall–Kier alpha value is -2.77. The van der Waals surface area contributed by atoms with Crippen molar-refractivity contribution < 1.29 is 13.2 Å². The van der Waals surface area contributed by atoms with Crippen LogP contribution < -0.4 is 5.32 Å². The average Bonchev–Trinajstić information content (AvgIpc) is 2.61. The highest BCUT2D eigenvalue weighted by atomic mass is 32.2. The number of nitrogens with one attached hydrogen (secondary N) is 1. The van der Waals surface area contributed by atoms with Gasteiger partial charge in [0.25, 0.3) is 0 Å². The van der Waals surface area contributed by atoms with Gasteiger partial charge < -0.3 is 5.32 Å². The molecule has 7 heteroatoms. The van der Waals surface area contributed by atoms with Gasteiger partial charge in [-0.3, -0.25) is 4.79 Å². The molecule has 0 radical (unpaired) electrons. The van der Waals surface area contributed by atoms with Gasteiger partial charge in [-0.15, -0.1) is 0 Å². The number of aryl methyl sites for hydroxylation is 1. The highest BCUT2D eigenvalue weighted by molar-refractivity contribution is 7.89. The minimum absolute atomic E-state index is 0.153. The van der Waals surface area contributed by atoms with E-state index >= 15 is 0 Å². The quantitative estimate of drug-likeness (QED) is 0.750. The third kappa shape index (κ3) is 3.89. The SMILES string of the molecule is Cc1ccnc(NC(=O)CN(C)S(=O)(=O)c2ccc3ccccc3c2)c1. The maximum Gasteiger partial charge on any atom is 0.243 e. The first kappa shape index (κ1) is 18.0. The van der Waals surface area contributed by atoms with E-state index in [1.807, 2.05) is 37.3 Å². The molecule has 0 spiro atoms. The van der Waals surface area contributed by atoms with Gasteiger partial charge in [-0.2, -0.15) is 4.31 Å². The second-order valence-electron chi connectivity index (χ2n) is 6.04. The molecule has 0 aliphatic rings. The molecule has 0 saturated carbocycles. The molecule has 0 bridgehead atoms. The second kappa shape index (κ2) is 7.23. The van der Waals surface area contributed by atoms with Crippen molar-refractivity contribution in [2.75, 3.05) is 18.9 Å².